The van der Waals surface area contributed by atoms with Crippen LogP contribution in [0.3, 0.4) is 0 Å². The summed E-state index contributed by atoms with van der Waals surface area (Å²) in [6.45, 7) is 0. The van der Waals surface area contributed by atoms with E-state index in [-0.39, 0.29) is 0 Å². The highest BCUT2D eigenvalue weighted by atomic mass is 35.5. The first-order chi connectivity index (χ1) is 9.24. The predicted octanol–water partition coefficient (Wildman–Crippen LogP) is 3.66. The van der Waals surface area contributed by atoms with Crippen molar-refractivity contribution in [3.63, 3.8) is 0 Å². The summed E-state index contributed by atoms with van der Waals surface area (Å²) in [6.07, 6.45) is 1.68. The first kappa shape index (κ1) is 11.7. The average Bonchev–Trinajstić information content (AvgIpc) is 2.43. The van der Waals surface area contributed by atoms with E-state index in [9.17, 15) is 0 Å². The van der Waals surface area contributed by atoms with Gasteiger partial charge in [-0.3, -0.25) is 0 Å². The number of rotatable bonds is 2. The van der Waals surface area contributed by atoms with E-state index in [4.69, 9.17) is 22.1 Å². The van der Waals surface area contributed by atoms with Gasteiger partial charge in [-0.15, -0.1) is 5.10 Å². The van der Waals surface area contributed by atoms with Crippen LogP contribution in [0.5, 0.6) is 11.6 Å². The van der Waals surface area contributed by atoms with Crippen LogP contribution in [0.15, 0.2) is 48.7 Å². The number of nitrogen functional groups attached to an aromatic ring is 1. The summed E-state index contributed by atoms with van der Waals surface area (Å²) in [5.41, 5.74) is 6.30. The minimum atomic E-state index is 0.408. The fraction of sp³-hybridized carbons (Fsp3) is 0. The largest absolute Gasteiger partial charge is 0.435 e. The van der Waals surface area contributed by atoms with Crippen molar-refractivity contribution in [2.75, 3.05) is 5.73 Å². The molecule has 3 rings (SSSR count). The number of hydrogen-bond donors (Lipinski definition) is 1. The summed E-state index contributed by atoms with van der Waals surface area (Å²) >= 11 is 6.07. The molecule has 2 N–H and O–H groups in total. The van der Waals surface area contributed by atoms with Gasteiger partial charge in [0, 0.05) is 22.5 Å². The zero-order chi connectivity index (χ0) is 13.2. The molecular weight excluding hydrogens is 262 g/mol. The van der Waals surface area contributed by atoms with Crippen LogP contribution in [0.2, 0.25) is 5.02 Å². The molecule has 0 saturated carbocycles. The zero-order valence-corrected chi connectivity index (χ0v) is 10.6. The normalized spacial score (nSPS) is 10.6. The molecule has 0 fully saturated rings. The Balaban J connectivity index is 2.08. The summed E-state index contributed by atoms with van der Waals surface area (Å²) in [5.74, 6) is 0.873. The lowest BCUT2D eigenvalue weighted by molar-refractivity contribution is 0.462. The first-order valence-electron chi connectivity index (χ1n) is 5.67. The Morgan fingerprint density at radius 2 is 1.95 bits per heavy atom. The number of nitrogens with zero attached hydrogens (tertiary/aromatic N) is 2. The fourth-order valence-corrected chi connectivity index (χ4v) is 1.94. The Morgan fingerprint density at radius 3 is 2.84 bits per heavy atom. The minimum absolute atomic E-state index is 0.408. The van der Waals surface area contributed by atoms with Gasteiger partial charge in [0.1, 0.15) is 5.75 Å². The molecule has 0 spiro atoms. The Labute approximate surface area is 114 Å². The SMILES string of the molecule is Nc1ccc(Cl)c(Oc2nncc3ccccc23)c1. The van der Waals surface area contributed by atoms with Crippen molar-refractivity contribution in [1.82, 2.24) is 10.2 Å². The standard InChI is InChI=1S/C14H10ClN3O/c15-12-6-5-10(16)7-13(12)19-14-11-4-2-1-3-9(11)8-17-18-14/h1-8H,16H2. The van der Waals surface area contributed by atoms with Crippen LogP contribution in [-0.4, -0.2) is 10.2 Å². The molecule has 4 nitrogen and oxygen atoms in total. The molecule has 0 aliphatic rings. The molecule has 0 radical (unpaired) electrons. The van der Waals surface area contributed by atoms with Crippen molar-refractivity contribution in [2.45, 2.75) is 0 Å². The monoisotopic (exact) mass is 271 g/mol. The molecule has 0 amide bonds. The van der Waals surface area contributed by atoms with Crippen LogP contribution in [0.1, 0.15) is 0 Å². The van der Waals surface area contributed by atoms with E-state index in [1.807, 2.05) is 24.3 Å². The summed E-state index contributed by atoms with van der Waals surface area (Å²) in [7, 11) is 0. The Hall–Kier alpha value is -2.33. The lowest BCUT2D eigenvalue weighted by atomic mass is 10.2. The van der Waals surface area contributed by atoms with Crippen LogP contribution >= 0.6 is 11.6 Å². The van der Waals surface area contributed by atoms with Gasteiger partial charge in [-0.05, 0) is 18.2 Å². The van der Waals surface area contributed by atoms with Gasteiger partial charge in [-0.2, -0.15) is 5.10 Å². The van der Waals surface area contributed by atoms with Crippen LogP contribution in [0.25, 0.3) is 10.8 Å². The second kappa shape index (κ2) is 4.74. The van der Waals surface area contributed by atoms with E-state index in [0.717, 1.165) is 10.8 Å². The number of ether oxygens (including phenoxy) is 1. The minimum Gasteiger partial charge on any atom is -0.435 e. The highest BCUT2D eigenvalue weighted by molar-refractivity contribution is 6.32. The van der Waals surface area contributed by atoms with Crippen molar-refractivity contribution >= 4 is 28.1 Å². The van der Waals surface area contributed by atoms with Crippen molar-refractivity contribution < 1.29 is 4.74 Å². The lowest BCUT2D eigenvalue weighted by Crippen LogP contribution is -1.93. The van der Waals surface area contributed by atoms with Crippen molar-refractivity contribution in [2.24, 2.45) is 0 Å². The van der Waals surface area contributed by atoms with Gasteiger partial charge < -0.3 is 10.5 Å². The molecular formula is C14H10ClN3O. The second-order valence-corrected chi connectivity index (χ2v) is 4.44. The average molecular weight is 272 g/mol. The lowest BCUT2D eigenvalue weighted by Gasteiger charge is -2.08. The van der Waals surface area contributed by atoms with E-state index < -0.39 is 0 Å². The second-order valence-electron chi connectivity index (χ2n) is 4.03. The summed E-state index contributed by atoms with van der Waals surface area (Å²) in [4.78, 5) is 0. The fourth-order valence-electron chi connectivity index (χ4n) is 1.78. The maximum absolute atomic E-state index is 6.07. The Morgan fingerprint density at radius 1 is 1.11 bits per heavy atom. The molecule has 0 aliphatic carbocycles. The number of halogens is 1. The number of benzene rings is 2. The van der Waals surface area contributed by atoms with Crippen LogP contribution in [0, 0.1) is 0 Å². The molecule has 0 unspecified atom stereocenters. The number of fused-ring (bicyclic) bond motifs is 1. The highest BCUT2D eigenvalue weighted by Gasteiger charge is 2.08. The van der Waals surface area contributed by atoms with Gasteiger partial charge in [0.2, 0.25) is 5.88 Å². The third kappa shape index (κ3) is 2.30. The van der Waals surface area contributed by atoms with Gasteiger partial charge in [-0.1, -0.05) is 29.8 Å². The molecule has 0 saturated heterocycles. The highest BCUT2D eigenvalue weighted by Crippen LogP contribution is 2.32. The molecule has 5 heteroatoms. The Bertz CT molecular complexity index is 740. The van der Waals surface area contributed by atoms with Crippen molar-refractivity contribution in [3.05, 3.63) is 53.7 Å². The van der Waals surface area contributed by atoms with Gasteiger partial charge in [0.15, 0.2) is 0 Å². The summed E-state index contributed by atoms with van der Waals surface area (Å²) in [6, 6.07) is 12.8. The molecule has 19 heavy (non-hydrogen) atoms. The number of hydrogen-bond acceptors (Lipinski definition) is 4. The third-order valence-corrected chi connectivity index (χ3v) is 3.01. The van der Waals surface area contributed by atoms with Crippen LogP contribution in [0.4, 0.5) is 5.69 Å². The van der Waals surface area contributed by atoms with Gasteiger partial charge >= 0.3 is 0 Å². The maximum atomic E-state index is 6.07. The van der Waals surface area contributed by atoms with Crippen molar-refractivity contribution in [3.8, 4) is 11.6 Å². The molecule has 1 aromatic heterocycles. The third-order valence-electron chi connectivity index (χ3n) is 2.70. The van der Waals surface area contributed by atoms with E-state index in [1.54, 1.807) is 24.4 Å². The van der Waals surface area contributed by atoms with Crippen LogP contribution < -0.4 is 10.5 Å². The van der Waals surface area contributed by atoms with Crippen LogP contribution in [-0.2, 0) is 0 Å². The first-order valence-corrected chi connectivity index (χ1v) is 6.05. The zero-order valence-electron chi connectivity index (χ0n) is 9.88. The van der Waals surface area contributed by atoms with E-state index >= 15 is 0 Å². The number of anilines is 1. The van der Waals surface area contributed by atoms with Gasteiger partial charge in [0.25, 0.3) is 0 Å². The molecule has 0 aliphatic heterocycles. The topological polar surface area (TPSA) is 61.0 Å². The smallest absolute Gasteiger partial charge is 0.246 e. The Kier molecular flexibility index (Phi) is 2.93. The van der Waals surface area contributed by atoms with Gasteiger partial charge in [0.05, 0.1) is 11.2 Å². The number of nitrogens with two attached hydrogens (primary N) is 1. The van der Waals surface area contributed by atoms with Gasteiger partial charge in [-0.25, -0.2) is 0 Å². The summed E-state index contributed by atoms with van der Waals surface area (Å²) in [5, 5.41) is 10.2. The molecule has 0 bridgehead atoms. The van der Waals surface area contributed by atoms with E-state index in [2.05, 4.69) is 10.2 Å². The molecule has 0 atom stereocenters. The summed E-state index contributed by atoms with van der Waals surface area (Å²) < 4.78 is 5.72. The van der Waals surface area contributed by atoms with E-state index in [0.29, 0.717) is 22.3 Å². The quantitative estimate of drug-likeness (QED) is 0.723. The van der Waals surface area contributed by atoms with E-state index in [1.165, 1.54) is 0 Å². The molecule has 94 valence electrons. The predicted molar refractivity (Wildman–Crippen MR) is 75.5 cm³/mol. The molecule has 2 aromatic carbocycles. The molecule has 3 aromatic rings. The molecule has 1 heterocycles. The number of aromatic nitrogens is 2. The maximum Gasteiger partial charge on any atom is 0.246 e. The van der Waals surface area contributed by atoms with Crippen molar-refractivity contribution in [1.29, 1.82) is 0 Å².